The maximum atomic E-state index is 12.1. The third-order valence-corrected chi connectivity index (χ3v) is 6.07. The average molecular weight is 458 g/mol. The summed E-state index contributed by atoms with van der Waals surface area (Å²) in [4.78, 5) is 30.4. The Balaban J connectivity index is 1.64. The lowest BCUT2D eigenvalue weighted by Gasteiger charge is -2.35. The number of nitrogens with one attached hydrogen (secondary N) is 1. The van der Waals surface area contributed by atoms with Gasteiger partial charge in [0.25, 0.3) is 5.91 Å². The number of ether oxygens (including phenoxy) is 2. The second-order valence-corrected chi connectivity index (χ2v) is 8.80. The molecule has 170 valence electrons. The highest BCUT2D eigenvalue weighted by molar-refractivity contribution is 8.09. The molecule has 1 amide bonds. The molecule has 2 aliphatic rings. The van der Waals surface area contributed by atoms with Crippen LogP contribution < -0.4 is 20.7 Å². The molecule has 2 aliphatic heterocycles. The normalized spacial score (nSPS) is 20.5. The summed E-state index contributed by atoms with van der Waals surface area (Å²) in [6.45, 7) is 4.03. The first-order valence-electron chi connectivity index (χ1n) is 10.4. The van der Waals surface area contributed by atoms with Crippen LogP contribution in [0.1, 0.15) is 29.5 Å². The second kappa shape index (κ2) is 9.72. The van der Waals surface area contributed by atoms with Gasteiger partial charge in [-0.1, -0.05) is 18.7 Å². The third-order valence-electron chi connectivity index (χ3n) is 5.13. The van der Waals surface area contributed by atoms with E-state index >= 15 is 0 Å². The predicted molar refractivity (Wildman–Crippen MR) is 123 cm³/mol. The maximum Gasteiger partial charge on any atom is 0.327 e. The minimum Gasteiger partial charge on any atom is -0.424 e. The molecule has 0 saturated carbocycles. The van der Waals surface area contributed by atoms with E-state index in [0.29, 0.717) is 42.8 Å². The summed E-state index contributed by atoms with van der Waals surface area (Å²) in [5.74, 6) is 1.49. The molecule has 1 aromatic heterocycles. The number of amides is 1. The molecule has 0 aliphatic carbocycles. The van der Waals surface area contributed by atoms with Crippen molar-refractivity contribution in [3.63, 3.8) is 0 Å². The summed E-state index contributed by atoms with van der Waals surface area (Å²) in [7, 11) is 3.43. The average Bonchev–Trinajstić information content (AvgIpc) is 3.25. The zero-order chi connectivity index (χ0) is 22.7. The second-order valence-electron chi connectivity index (χ2n) is 7.61. The maximum absolute atomic E-state index is 12.1. The minimum absolute atomic E-state index is 0.0757. The Labute approximate surface area is 191 Å². The highest BCUT2D eigenvalue weighted by Gasteiger charge is 2.27. The van der Waals surface area contributed by atoms with Crippen molar-refractivity contribution in [3.05, 3.63) is 41.9 Å². The quantitative estimate of drug-likeness (QED) is 0.665. The summed E-state index contributed by atoms with van der Waals surface area (Å²) >= 11 is 1.44. The van der Waals surface area contributed by atoms with Crippen molar-refractivity contribution in [2.75, 3.05) is 38.8 Å². The van der Waals surface area contributed by atoms with E-state index in [4.69, 9.17) is 20.2 Å². The fourth-order valence-corrected chi connectivity index (χ4v) is 4.14. The molecule has 0 spiro atoms. The number of morpholine rings is 1. The van der Waals surface area contributed by atoms with Crippen LogP contribution in [0.15, 0.2) is 30.5 Å². The van der Waals surface area contributed by atoms with Crippen LogP contribution >= 0.6 is 11.8 Å². The number of anilines is 1. The van der Waals surface area contributed by atoms with Crippen molar-refractivity contribution in [1.29, 1.82) is 0 Å². The molecule has 4 rings (SSSR count). The Morgan fingerprint density at radius 1 is 1.31 bits per heavy atom. The molecular weight excluding hydrogens is 430 g/mol. The van der Waals surface area contributed by atoms with Gasteiger partial charge in [-0.25, -0.2) is 0 Å². The molecule has 2 atom stereocenters. The van der Waals surface area contributed by atoms with E-state index in [1.807, 2.05) is 0 Å². The van der Waals surface area contributed by atoms with Crippen LogP contribution in [0.5, 0.6) is 11.8 Å². The predicted octanol–water partition coefficient (Wildman–Crippen LogP) is 1.86. The van der Waals surface area contributed by atoms with Crippen LogP contribution in [0, 0.1) is 0 Å². The Hall–Kier alpha value is -2.89. The molecule has 0 bridgehead atoms. The van der Waals surface area contributed by atoms with Gasteiger partial charge in [0, 0.05) is 32.4 Å². The number of carbonyl (C=O) groups is 1. The monoisotopic (exact) mass is 457 g/mol. The first-order valence-corrected chi connectivity index (χ1v) is 11.3. The number of hydrogen-bond acceptors (Lipinski definition) is 10. The van der Waals surface area contributed by atoms with Gasteiger partial charge in [-0.05, 0) is 30.7 Å². The highest BCUT2D eigenvalue weighted by Crippen LogP contribution is 2.33. The molecule has 1 aromatic carbocycles. The van der Waals surface area contributed by atoms with E-state index in [1.165, 1.54) is 16.7 Å². The van der Waals surface area contributed by atoms with Gasteiger partial charge in [-0.15, -0.1) is 0 Å². The Morgan fingerprint density at radius 3 is 2.75 bits per heavy atom. The lowest BCUT2D eigenvalue weighted by atomic mass is 10.2. The Bertz CT molecular complexity index is 999. The molecule has 3 N–H and O–H groups in total. The van der Waals surface area contributed by atoms with Gasteiger partial charge in [-0.3, -0.25) is 4.79 Å². The largest absolute Gasteiger partial charge is 0.424 e. The van der Waals surface area contributed by atoms with Crippen LogP contribution in [0.3, 0.4) is 0 Å². The summed E-state index contributed by atoms with van der Waals surface area (Å²) in [6.07, 6.45) is 2.71. The molecule has 1 unspecified atom stereocenters. The van der Waals surface area contributed by atoms with Crippen molar-refractivity contribution in [2.24, 2.45) is 5.73 Å². The minimum atomic E-state index is -0.247. The van der Waals surface area contributed by atoms with Crippen LogP contribution in [0.4, 0.5) is 5.95 Å². The van der Waals surface area contributed by atoms with Crippen molar-refractivity contribution < 1.29 is 14.3 Å². The molecular formula is C21H27N7O3S. The summed E-state index contributed by atoms with van der Waals surface area (Å²) < 4.78 is 11.6. The highest BCUT2D eigenvalue weighted by atomic mass is 32.2. The number of thioether (sulfide) groups is 1. The van der Waals surface area contributed by atoms with E-state index in [1.54, 1.807) is 44.6 Å². The van der Waals surface area contributed by atoms with Crippen molar-refractivity contribution >= 4 is 28.5 Å². The zero-order valence-corrected chi connectivity index (χ0v) is 19.1. The lowest BCUT2D eigenvalue weighted by molar-refractivity contribution is 0.0827. The molecule has 1 saturated heterocycles. The van der Waals surface area contributed by atoms with Crippen LogP contribution in [0.25, 0.3) is 4.91 Å². The van der Waals surface area contributed by atoms with Crippen LogP contribution in [-0.2, 0) is 4.74 Å². The summed E-state index contributed by atoms with van der Waals surface area (Å²) in [6, 6.07) is 7.24. The van der Waals surface area contributed by atoms with Crippen molar-refractivity contribution in [3.8, 4) is 11.8 Å². The van der Waals surface area contributed by atoms with Crippen molar-refractivity contribution in [1.82, 2.24) is 25.2 Å². The van der Waals surface area contributed by atoms with Gasteiger partial charge in [-0.2, -0.15) is 15.0 Å². The smallest absolute Gasteiger partial charge is 0.327 e. The van der Waals surface area contributed by atoms with E-state index < -0.39 is 0 Å². The van der Waals surface area contributed by atoms with Crippen LogP contribution in [-0.4, -0.2) is 71.2 Å². The van der Waals surface area contributed by atoms with Crippen molar-refractivity contribution in [2.45, 2.75) is 24.9 Å². The number of hydrogen-bond donors (Lipinski definition) is 2. The third kappa shape index (κ3) is 4.95. The molecule has 1 fully saturated rings. The number of carbonyl (C=O) groups excluding carboxylic acids is 1. The Kier molecular flexibility index (Phi) is 6.77. The lowest BCUT2D eigenvalue weighted by Crippen LogP contribution is -2.46. The molecule has 2 aromatic rings. The van der Waals surface area contributed by atoms with E-state index in [9.17, 15) is 4.79 Å². The van der Waals surface area contributed by atoms with Gasteiger partial charge in [0.1, 0.15) is 11.2 Å². The van der Waals surface area contributed by atoms with E-state index in [0.717, 1.165) is 11.3 Å². The van der Waals surface area contributed by atoms with Gasteiger partial charge in [0.15, 0.2) is 5.82 Å². The summed E-state index contributed by atoms with van der Waals surface area (Å²) in [5.41, 5.74) is 6.28. The fourth-order valence-electron chi connectivity index (χ4n) is 3.40. The van der Waals surface area contributed by atoms with E-state index in [2.05, 4.69) is 27.1 Å². The van der Waals surface area contributed by atoms with Gasteiger partial charge in [0.05, 0.1) is 24.2 Å². The molecule has 0 radical (unpaired) electrons. The first kappa shape index (κ1) is 22.3. The Morgan fingerprint density at radius 2 is 2.09 bits per heavy atom. The SMILES string of the molecule is CC[C@H]1COCCN1c1nc(Oc2ccc(C(=O)N(C)C)cc2)nc(C2=CNC(N)S2)n1. The number of nitrogens with two attached hydrogens (primary N) is 1. The first-order chi connectivity index (χ1) is 15.4. The summed E-state index contributed by atoms with van der Waals surface area (Å²) in [5, 5.41) is 3.05. The number of aromatic nitrogens is 3. The molecule has 11 heteroatoms. The zero-order valence-electron chi connectivity index (χ0n) is 18.3. The van der Waals surface area contributed by atoms with Gasteiger partial charge in [0.2, 0.25) is 5.95 Å². The topological polar surface area (TPSA) is 119 Å². The molecule has 3 heterocycles. The molecule has 10 nitrogen and oxygen atoms in total. The van der Waals surface area contributed by atoms with Crippen LogP contribution in [0.2, 0.25) is 0 Å². The standard InChI is InChI=1S/C21H27N7O3S/c1-4-14-12-30-10-9-28(14)20-24-17(16-11-23-19(22)32-16)25-21(26-20)31-15-7-5-13(6-8-15)18(29)27(2)3/h5-8,11,14,19,23H,4,9-10,12,22H2,1-3H3/t14-,19?/m0/s1. The number of nitrogens with zero attached hydrogens (tertiary/aromatic N) is 5. The van der Waals surface area contributed by atoms with E-state index in [-0.39, 0.29) is 23.5 Å². The number of benzene rings is 1. The van der Waals surface area contributed by atoms with Gasteiger partial charge < -0.3 is 30.3 Å². The van der Waals surface area contributed by atoms with Gasteiger partial charge >= 0.3 is 6.01 Å². The fraction of sp³-hybridized carbons (Fsp3) is 0.429. The number of rotatable bonds is 6. The molecule has 32 heavy (non-hydrogen) atoms.